The molecule has 0 aliphatic heterocycles. The van der Waals surface area contributed by atoms with E-state index in [0.29, 0.717) is 5.69 Å². The Morgan fingerprint density at radius 1 is 1.22 bits per heavy atom. The Morgan fingerprint density at radius 2 is 1.94 bits per heavy atom. The van der Waals surface area contributed by atoms with E-state index in [1.54, 1.807) is 12.1 Å². The number of pyridine rings is 1. The second kappa shape index (κ2) is 5.73. The van der Waals surface area contributed by atoms with Gasteiger partial charge in [-0.2, -0.15) is 0 Å². The Balaban J connectivity index is 2.08. The quantitative estimate of drug-likeness (QED) is 0.883. The summed E-state index contributed by atoms with van der Waals surface area (Å²) in [4.78, 5) is 15.5. The number of hydrogen-bond donors (Lipinski definition) is 1. The molecule has 18 heavy (non-hydrogen) atoms. The Hall–Kier alpha value is -1.75. The number of carbonyl (C=O) groups excluding carboxylic acids is 1. The first-order chi connectivity index (χ1) is 8.69. The number of aromatic nitrogens is 1. The summed E-state index contributed by atoms with van der Waals surface area (Å²) >= 11 is 3.34. The van der Waals surface area contributed by atoms with Gasteiger partial charge in [-0.15, -0.1) is 0 Å². The van der Waals surface area contributed by atoms with E-state index in [1.165, 1.54) is 12.1 Å². The van der Waals surface area contributed by atoms with Gasteiger partial charge in [0.05, 0.1) is 6.20 Å². The first-order valence-electron chi connectivity index (χ1n) is 5.27. The molecular formula is C13H10BrFN2O. The molecule has 1 heterocycles. The van der Waals surface area contributed by atoms with Crippen molar-refractivity contribution in [2.45, 2.75) is 5.33 Å². The highest BCUT2D eigenvalue weighted by molar-refractivity contribution is 9.08. The minimum absolute atomic E-state index is 0.181. The third-order valence-corrected chi connectivity index (χ3v) is 2.97. The summed E-state index contributed by atoms with van der Waals surface area (Å²) in [5.41, 5.74) is 1.98. The van der Waals surface area contributed by atoms with Crippen molar-refractivity contribution in [1.82, 2.24) is 4.98 Å². The van der Waals surface area contributed by atoms with Gasteiger partial charge in [-0.3, -0.25) is 4.79 Å². The molecule has 3 nitrogen and oxygen atoms in total. The maximum absolute atomic E-state index is 12.7. The molecule has 2 rings (SSSR count). The zero-order valence-electron chi connectivity index (χ0n) is 9.36. The summed E-state index contributed by atoms with van der Waals surface area (Å²) in [6.45, 7) is 0. The number of alkyl halides is 1. The summed E-state index contributed by atoms with van der Waals surface area (Å²) in [6.07, 6.45) is 1.02. The molecule has 1 aromatic carbocycles. The summed E-state index contributed by atoms with van der Waals surface area (Å²) in [5, 5.41) is 3.45. The number of nitrogens with one attached hydrogen (secondary N) is 1. The van der Waals surface area contributed by atoms with Gasteiger partial charge in [-0.05, 0) is 29.8 Å². The lowest BCUT2D eigenvalue weighted by Crippen LogP contribution is -2.13. The molecule has 0 spiro atoms. The van der Waals surface area contributed by atoms with Crippen LogP contribution >= 0.6 is 15.9 Å². The van der Waals surface area contributed by atoms with Crippen LogP contribution in [0.2, 0.25) is 0 Å². The van der Waals surface area contributed by atoms with E-state index in [1.807, 2.05) is 12.1 Å². The first kappa shape index (κ1) is 12.7. The van der Waals surface area contributed by atoms with Crippen LogP contribution in [0.5, 0.6) is 0 Å². The van der Waals surface area contributed by atoms with Gasteiger partial charge in [0.15, 0.2) is 0 Å². The van der Waals surface area contributed by atoms with Gasteiger partial charge in [-0.1, -0.05) is 28.1 Å². The van der Waals surface area contributed by atoms with Crippen LogP contribution in [0, 0.1) is 5.82 Å². The summed E-state index contributed by atoms with van der Waals surface area (Å²) in [6, 6.07) is 9.97. The fraction of sp³-hybridized carbons (Fsp3) is 0.0769. The SMILES string of the molecule is O=C(Nc1ccc(CBr)cc1)c1ccc(F)cn1. The molecule has 1 amide bonds. The van der Waals surface area contributed by atoms with Crippen molar-refractivity contribution in [1.29, 1.82) is 0 Å². The molecule has 92 valence electrons. The molecule has 0 aliphatic carbocycles. The smallest absolute Gasteiger partial charge is 0.274 e. The predicted molar refractivity (Wildman–Crippen MR) is 71.2 cm³/mol. The van der Waals surface area contributed by atoms with Crippen molar-refractivity contribution in [3.8, 4) is 0 Å². The molecule has 0 unspecified atom stereocenters. The highest BCUT2D eigenvalue weighted by Gasteiger charge is 2.07. The second-order valence-corrected chi connectivity index (χ2v) is 4.21. The molecule has 0 bridgehead atoms. The Kier molecular flexibility index (Phi) is 4.04. The van der Waals surface area contributed by atoms with Crippen LogP contribution in [-0.2, 0) is 5.33 Å². The van der Waals surface area contributed by atoms with Crippen molar-refractivity contribution in [2.24, 2.45) is 0 Å². The highest BCUT2D eigenvalue weighted by atomic mass is 79.9. The molecule has 1 aromatic heterocycles. The Morgan fingerprint density at radius 3 is 2.50 bits per heavy atom. The second-order valence-electron chi connectivity index (χ2n) is 3.65. The third kappa shape index (κ3) is 3.13. The standard InChI is InChI=1S/C13H10BrFN2O/c14-7-9-1-4-11(5-2-9)17-13(18)12-6-3-10(15)8-16-12/h1-6,8H,7H2,(H,17,18). The number of anilines is 1. The fourth-order valence-electron chi connectivity index (χ4n) is 1.38. The maximum Gasteiger partial charge on any atom is 0.274 e. The van der Waals surface area contributed by atoms with Crippen LogP contribution < -0.4 is 5.32 Å². The van der Waals surface area contributed by atoms with Gasteiger partial charge < -0.3 is 5.32 Å². The number of amides is 1. The van der Waals surface area contributed by atoms with E-state index in [2.05, 4.69) is 26.2 Å². The molecule has 0 fully saturated rings. The maximum atomic E-state index is 12.7. The lowest BCUT2D eigenvalue weighted by molar-refractivity contribution is 0.102. The molecule has 0 saturated carbocycles. The molecule has 0 radical (unpaired) electrons. The van der Waals surface area contributed by atoms with E-state index in [-0.39, 0.29) is 11.6 Å². The van der Waals surface area contributed by atoms with Crippen LogP contribution in [0.4, 0.5) is 10.1 Å². The van der Waals surface area contributed by atoms with Crippen LogP contribution in [0.15, 0.2) is 42.6 Å². The van der Waals surface area contributed by atoms with E-state index in [4.69, 9.17) is 0 Å². The van der Waals surface area contributed by atoms with Crippen LogP contribution in [0.25, 0.3) is 0 Å². The third-order valence-electron chi connectivity index (χ3n) is 2.33. The minimum atomic E-state index is -0.465. The molecule has 1 N–H and O–H groups in total. The molecule has 5 heteroatoms. The van der Waals surface area contributed by atoms with Gasteiger partial charge in [0, 0.05) is 11.0 Å². The van der Waals surface area contributed by atoms with Crippen LogP contribution in [0.3, 0.4) is 0 Å². The molecule has 0 saturated heterocycles. The topological polar surface area (TPSA) is 42.0 Å². The van der Waals surface area contributed by atoms with E-state index >= 15 is 0 Å². The monoisotopic (exact) mass is 308 g/mol. The number of hydrogen-bond acceptors (Lipinski definition) is 2. The lowest BCUT2D eigenvalue weighted by Gasteiger charge is -2.05. The van der Waals surface area contributed by atoms with Crippen molar-refractivity contribution < 1.29 is 9.18 Å². The zero-order valence-corrected chi connectivity index (χ0v) is 10.9. The van der Waals surface area contributed by atoms with Gasteiger partial charge in [0.2, 0.25) is 0 Å². The molecule has 2 aromatic rings. The highest BCUT2D eigenvalue weighted by Crippen LogP contribution is 2.12. The van der Waals surface area contributed by atoms with Crippen LogP contribution in [-0.4, -0.2) is 10.9 Å². The van der Waals surface area contributed by atoms with Crippen molar-refractivity contribution in [2.75, 3.05) is 5.32 Å². The normalized spacial score (nSPS) is 10.1. The molecule has 0 aliphatic rings. The van der Waals surface area contributed by atoms with Crippen molar-refractivity contribution in [3.05, 3.63) is 59.7 Å². The predicted octanol–water partition coefficient (Wildman–Crippen LogP) is 3.37. The summed E-state index contributed by atoms with van der Waals surface area (Å²) in [7, 11) is 0. The number of rotatable bonds is 3. The van der Waals surface area contributed by atoms with Gasteiger partial charge in [0.25, 0.3) is 5.91 Å². The van der Waals surface area contributed by atoms with E-state index < -0.39 is 5.82 Å². The molecule has 0 atom stereocenters. The van der Waals surface area contributed by atoms with Crippen molar-refractivity contribution in [3.63, 3.8) is 0 Å². The van der Waals surface area contributed by atoms with Gasteiger partial charge in [0.1, 0.15) is 11.5 Å². The number of benzene rings is 1. The largest absolute Gasteiger partial charge is 0.321 e. The Bertz CT molecular complexity index is 540. The average molecular weight is 309 g/mol. The lowest BCUT2D eigenvalue weighted by atomic mass is 10.2. The van der Waals surface area contributed by atoms with Crippen molar-refractivity contribution >= 4 is 27.5 Å². The minimum Gasteiger partial charge on any atom is -0.321 e. The van der Waals surface area contributed by atoms with Gasteiger partial charge in [-0.25, -0.2) is 9.37 Å². The van der Waals surface area contributed by atoms with Crippen LogP contribution in [0.1, 0.15) is 16.1 Å². The number of nitrogens with zero attached hydrogens (tertiary/aromatic N) is 1. The number of carbonyl (C=O) groups is 1. The van der Waals surface area contributed by atoms with E-state index in [0.717, 1.165) is 17.1 Å². The molecular weight excluding hydrogens is 299 g/mol. The average Bonchev–Trinajstić information content (AvgIpc) is 2.40. The first-order valence-corrected chi connectivity index (χ1v) is 6.39. The Labute approximate surface area is 112 Å². The number of halogens is 2. The van der Waals surface area contributed by atoms with E-state index in [9.17, 15) is 9.18 Å². The fourth-order valence-corrected chi connectivity index (χ4v) is 1.76. The summed E-state index contributed by atoms with van der Waals surface area (Å²) < 4.78 is 12.7. The van der Waals surface area contributed by atoms with Gasteiger partial charge >= 0.3 is 0 Å². The zero-order chi connectivity index (χ0) is 13.0. The summed E-state index contributed by atoms with van der Waals surface area (Å²) in [5.74, 6) is -0.824.